The highest BCUT2D eigenvalue weighted by Gasteiger charge is 2.33. The van der Waals surface area contributed by atoms with Gasteiger partial charge in [-0.05, 0) is 25.3 Å². The molecule has 0 aromatic carbocycles. The van der Waals surface area contributed by atoms with E-state index in [9.17, 15) is 13.2 Å². The Bertz CT molecular complexity index is 678. The van der Waals surface area contributed by atoms with Crippen LogP contribution in [0.2, 0.25) is 0 Å². The number of rotatable bonds is 7. The molecule has 0 saturated carbocycles. The fraction of sp³-hybridized carbons (Fsp3) is 0.688. The molecule has 1 fully saturated rings. The normalized spacial score (nSPS) is 21.0. The largest absolute Gasteiger partial charge is 0.354 e. The number of hydrogen-bond acceptors (Lipinski definition) is 6. The van der Waals surface area contributed by atoms with Crippen LogP contribution in [0.15, 0.2) is 12.3 Å². The van der Waals surface area contributed by atoms with Gasteiger partial charge in [0.2, 0.25) is 5.91 Å². The topological polar surface area (TPSA) is 92.3 Å². The van der Waals surface area contributed by atoms with Gasteiger partial charge in [0, 0.05) is 32.0 Å². The monoisotopic (exact) mass is 354 g/mol. The first kappa shape index (κ1) is 18.6. The van der Waals surface area contributed by atoms with Crippen molar-refractivity contribution in [3.05, 3.63) is 18.1 Å². The fourth-order valence-corrected chi connectivity index (χ4v) is 3.62. The summed E-state index contributed by atoms with van der Waals surface area (Å²) in [6.07, 6.45) is 4.95. The third-order valence-corrected chi connectivity index (χ3v) is 5.18. The van der Waals surface area contributed by atoms with Crippen molar-refractivity contribution >= 4 is 21.6 Å². The molecule has 2 unspecified atom stereocenters. The summed E-state index contributed by atoms with van der Waals surface area (Å²) in [7, 11) is -3.12. The molecule has 134 valence electrons. The van der Waals surface area contributed by atoms with Crippen molar-refractivity contribution < 1.29 is 13.2 Å². The van der Waals surface area contributed by atoms with Crippen LogP contribution < -0.4 is 10.2 Å². The third-order valence-electron chi connectivity index (χ3n) is 4.23. The van der Waals surface area contributed by atoms with Gasteiger partial charge in [-0.15, -0.1) is 0 Å². The molecule has 2 heterocycles. The van der Waals surface area contributed by atoms with Crippen LogP contribution in [-0.2, 0) is 14.6 Å². The van der Waals surface area contributed by atoms with Crippen LogP contribution in [-0.4, -0.2) is 55.4 Å². The van der Waals surface area contributed by atoms with Gasteiger partial charge in [-0.2, -0.15) is 0 Å². The van der Waals surface area contributed by atoms with Crippen molar-refractivity contribution in [2.45, 2.75) is 39.2 Å². The molecule has 0 spiro atoms. The zero-order valence-electron chi connectivity index (χ0n) is 14.5. The third kappa shape index (κ3) is 5.43. The van der Waals surface area contributed by atoms with Gasteiger partial charge in [0.25, 0.3) is 0 Å². The first-order valence-electron chi connectivity index (χ1n) is 8.30. The van der Waals surface area contributed by atoms with E-state index in [1.54, 1.807) is 6.20 Å². The Morgan fingerprint density at radius 2 is 2.17 bits per heavy atom. The van der Waals surface area contributed by atoms with E-state index in [1.165, 1.54) is 0 Å². The predicted molar refractivity (Wildman–Crippen MR) is 93.6 cm³/mol. The molecule has 1 saturated heterocycles. The Hall–Kier alpha value is -1.70. The van der Waals surface area contributed by atoms with Gasteiger partial charge < -0.3 is 10.2 Å². The number of aryl methyl sites for hydroxylation is 1. The number of aromatic nitrogens is 2. The van der Waals surface area contributed by atoms with Crippen molar-refractivity contribution in [3.8, 4) is 0 Å². The van der Waals surface area contributed by atoms with Crippen molar-refractivity contribution in [2.75, 3.05) is 30.0 Å². The molecule has 2 atom stereocenters. The van der Waals surface area contributed by atoms with E-state index < -0.39 is 9.84 Å². The van der Waals surface area contributed by atoms with Crippen molar-refractivity contribution in [2.24, 2.45) is 5.92 Å². The molecule has 8 heteroatoms. The SMILES string of the molecule is CCCC1CN(c2ccnc(C)n2)CC1NC(=O)CCS(C)(=O)=O. The first-order chi connectivity index (χ1) is 11.3. The highest BCUT2D eigenvalue weighted by atomic mass is 32.2. The van der Waals surface area contributed by atoms with E-state index in [-0.39, 0.29) is 24.1 Å². The molecule has 7 nitrogen and oxygen atoms in total. The van der Waals surface area contributed by atoms with Gasteiger partial charge in [0.05, 0.1) is 11.8 Å². The lowest BCUT2D eigenvalue weighted by Gasteiger charge is -2.19. The minimum Gasteiger partial charge on any atom is -0.354 e. The van der Waals surface area contributed by atoms with Crippen LogP contribution in [0.1, 0.15) is 32.0 Å². The Morgan fingerprint density at radius 3 is 2.79 bits per heavy atom. The maximum absolute atomic E-state index is 12.1. The minimum atomic E-state index is -3.12. The maximum atomic E-state index is 12.1. The molecular formula is C16H26N4O3S. The highest BCUT2D eigenvalue weighted by Crippen LogP contribution is 2.25. The molecular weight excluding hydrogens is 328 g/mol. The molecule has 1 amide bonds. The van der Waals surface area contributed by atoms with Gasteiger partial charge in [0.15, 0.2) is 0 Å². The summed E-state index contributed by atoms with van der Waals surface area (Å²) in [6, 6.07) is 1.90. The molecule has 24 heavy (non-hydrogen) atoms. The highest BCUT2D eigenvalue weighted by molar-refractivity contribution is 7.90. The fourth-order valence-electron chi connectivity index (χ4n) is 3.06. The lowest BCUT2D eigenvalue weighted by Crippen LogP contribution is -2.41. The summed E-state index contributed by atoms with van der Waals surface area (Å²) < 4.78 is 22.4. The van der Waals surface area contributed by atoms with Crippen LogP contribution >= 0.6 is 0 Å². The number of carbonyl (C=O) groups excluding carboxylic acids is 1. The van der Waals surface area contributed by atoms with E-state index >= 15 is 0 Å². The minimum absolute atomic E-state index is 0.0147. The molecule has 1 aromatic rings. The van der Waals surface area contributed by atoms with Gasteiger partial charge in [-0.1, -0.05) is 13.3 Å². The number of anilines is 1. The molecule has 1 aromatic heterocycles. The van der Waals surface area contributed by atoms with Crippen LogP contribution in [0.3, 0.4) is 0 Å². The summed E-state index contributed by atoms with van der Waals surface area (Å²) in [4.78, 5) is 22.8. The van der Waals surface area contributed by atoms with Crippen LogP contribution in [0, 0.1) is 12.8 Å². The van der Waals surface area contributed by atoms with E-state index in [2.05, 4.69) is 27.1 Å². The van der Waals surface area contributed by atoms with E-state index in [1.807, 2.05) is 13.0 Å². The smallest absolute Gasteiger partial charge is 0.221 e. The van der Waals surface area contributed by atoms with E-state index in [0.717, 1.165) is 37.3 Å². The quantitative estimate of drug-likeness (QED) is 0.783. The number of nitrogens with zero attached hydrogens (tertiary/aromatic N) is 3. The second-order valence-electron chi connectivity index (χ2n) is 6.47. The van der Waals surface area contributed by atoms with Gasteiger partial charge in [-0.25, -0.2) is 18.4 Å². The van der Waals surface area contributed by atoms with Crippen LogP contribution in [0.4, 0.5) is 5.82 Å². The van der Waals surface area contributed by atoms with Crippen molar-refractivity contribution in [3.63, 3.8) is 0 Å². The Kier molecular flexibility index (Phi) is 6.15. The molecule has 1 aliphatic heterocycles. The Labute approximate surface area is 143 Å². The average molecular weight is 354 g/mol. The lowest BCUT2D eigenvalue weighted by atomic mass is 9.98. The summed E-state index contributed by atoms with van der Waals surface area (Å²) in [5.41, 5.74) is 0. The molecule has 1 N–H and O–H groups in total. The number of hydrogen-bond donors (Lipinski definition) is 1. The number of nitrogens with one attached hydrogen (secondary N) is 1. The average Bonchev–Trinajstić information content (AvgIpc) is 2.88. The summed E-state index contributed by atoms with van der Waals surface area (Å²) in [6.45, 7) is 5.50. The molecule has 2 rings (SSSR count). The Morgan fingerprint density at radius 1 is 1.42 bits per heavy atom. The van der Waals surface area contributed by atoms with E-state index in [4.69, 9.17) is 0 Å². The second-order valence-corrected chi connectivity index (χ2v) is 8.73. The van der Waals surface area contributed by atoms with Gasteiger partial charge in [0.1, 0.15) is 21.5 Å². The second kappa shape index (κ2) is 7.92. The van der Waals surface area contributed by atoms with Crippen molar-refractivity contribution in [1.29, 1.82) is 0 Å². The predicted octanol–water partition coefficient (Wildman–Crippen LogP) is 0.941. The van der Waals surface area contributed by atoms with E-state index in [0.29, 0.717) is 12.5 Å². The summed E-state index contributed by atoms with van der Waals surface area (Å²) in [5.74, 6) is 1.62. The molecule has 0 aliphatic carbocycles. The number of amides is 1. The molecule has 1 aliphatic rings. The number of sulfone groups is 1. The Balaban J connectivity index is 2.01. The zero-order valence-corrected chi connectivity index (χ0v) is 15.3. The maximum Gasteiger partial charge on any atom is 0.221 e. The standard InChI is InChI=1S/C16H26N4O3S/c1-4-5-13-10-20(15-6-8-17-12(2)18-15)11-14(13)19-16(21)7-9-24(3,22)23/h6,8,13-14H,4-5,7,9-11H2,1-3H3,(H,19,21). The summed E-state index contributed by atoms with van der Waals surface area (Å²) >= 11 is 0. The molecule has 0 radical (unpaired) electrons. The number of carbonyl (C=O) groups is 1. The van der Waals surface area contributed by atoms with Gasteiger partial charge in [-0.3, -0.25) is 4.79 Å². The molecule has 0 bridgehead atoms. The van der Waals surface area contributed by atoms with Crippen LogP contribution in [0.25, 0.3) is 0 Å². The summed E-state index contributed by atoms with van der Waals surface area (Å²) in [5, 5.41) is 3.01. The zero-order chi connectivity index (χ0) is 17.7. The van der Waals surface area contributed by atoms with Crippen molar-refractivity contribution in [1.82, 2.24) is 15.3 Å². The van der Waals surface area contributed by atoms with Gasteiger partial charge >= 0.3 is 0 Å². The lowest BCUT2D eigenvalue weighted by molar-refractivity contribution is -0.121. The van der Waals surface area contributed by atoms with Crippen LogP contribution in [0.5, 0.6) is 0 Å². The first-order valence-corrected chi connectivity index (χ1v) is 10.4.